The lowest BCUT2D eigenvalue weighted by Crippen LogP contribution is -2.39. The molecule has 2 aromatic heterocycles. The maximum atomic E-state index is 12.7. The molecule has 0 fully saturated rings. The van der Waals surface area contributed by atoms with Crippen molar-refractivity contribution in [3.8, 4) is 0 Å². The fraction of sp³-hybridized carbons (Fsp3) is 0.429. The van der Waals surface area contributed by atoms with Gasteiger partial charge >= 0.3 is 5.69 Å². The van der Waals surface area contributed by atoms with Gasteiger partial charge in [0.25, 0.3) is 11.5 Å². The van der Waals surface area contributed by atoms with Gasteiger partial charge in [-0.2, -0.15) is 0 Å². The number of nitrogens with one attached hydrogen (secondary N) is 2. The van der Waals surface area contributed by atoms with E-state index in [-0.39, 0.29) is 41.9 Å². The lowest BCUT2D eigenvalue weighted by atomic mass is 10.1. The van der Waals surface area contributed by atoms with Gasteiger partial charge in [-0.3, -0.25) is 23.5 Å². The van der Waals surface area contributed by atoms with Crippen molar-refractivity contribution in [2.24, 2.45) is 5.92 Å². The quantitative estimate of drug-likeness (QED) is 0.529. The topological polar surface area (TPSA) is 128 Å². The molecule has 3 rings (SSSR count). The number of carbonyl (C=O) groups is 2. The molecule has 0 aliphatic carbocycles. The molecule has 1 unspecified atom stereocenters. The summed E-state index contributed by atoms with van der Waals surface area (Å²) >= 11 is 1.03. The number of hydrogen-bond donors (Lipinski definition) is 2. The van der Waals surface area contributed by atoms with Crippen LogP contribution in [0.2, 0.25) is 0 Å². The molecule has 10 nitrogen and oxygen atoms in total. The van der Waals surface area contributed by atoms with E-state index in [0.29, 0.717) is 40.3 Å². The molecular weight excluding hydrogens is 432 g/mol. The lowest BCUT2D eigenvalue weighted by Gasteiger charge is -2.14. The zero-order chi connectivity index (χ0) is 23.4. The van der Waals surface area contributed by atoms with Crippen LogP contribution in [-0.2, 0) is 17.9 Å². The number of aromatic nitrogens is 4. The molecule has 3 aromatic rings. The monoisotopic (exact) mass is 458 g/mol. The number of amides is 2. The van der Waals surface area contributed by atoms with Gasteiger partial charge in [0.05, 0.1) is 16.6 Å². The van der Waals surface area contributed by atoms with Crippen molar-refractivity contribution >= 4 is 39.9 Å². The third-order valence-electron chi connectivity index (χ3n) is 5.14. The summed E-state index contributed by atoms with van der Waals surface area (Å²) in [6.07, 6.45) is 0.186. The van der Waals surface area contributed by atoms with Gasteiger partial charge in [-0.25, -0.2) is 4.79 Å². The summed E-state index contributed by atoms with van der Waals surface area (Å²) in [4.78, 5) is 50.3. The van der Waals surface area contributed by atoms with Crippen molar-refractivity contribution in [2.45, 2.75) is 47.2 Å². The van der Waals surface area contributed by atoms with Crippen LogP contribution in [0.4, 0.5) is 5.69 Å². The Hall–Kier alpha value is -3.34. The van der Waals surface area contributed by atoms with E-state index >= 15 is 0 Å². The predicted molar refractivity (Wildman–Crippen MR) is 123 cm³/mol. The second-order valence-corrected chi connectivity index (χ2v) is 8.32. The van der Waals surface area contributed by atoms with Crippen LogP contribution >= 0.6 is 11.5 Å². The van der Waals surface area contributed by atoms with Crippen LogP contribution in [0.5, 0.6) is 0 Å². The summed E-state index contributed by atoms with van der Waals surface area (Å²) in [6, 6.07) is 4.94. The van der Waals surface area contributed by atoms with Crippen LogP contribution in [0.1, 0.15) is 42.6 Å². The molecule has 2 amide bonds. The lowest BCUT2D eigenvalue weighted by molar-refractivity contribution is -0.116. The van der Waals surface area contributed by atoms with Crippen molar-refractivity contribution in [1.82, 2.24) is 24.0 Å². The normalized spacial score (nSPS) is 12.0. The van der Waals surface area contributed by atoms with Crippen molar-refractivity contribution in [3.05, 3.63) is 49.6 Å². The molecule has 32 heavy (non-hydrogen) atoms. The second-order valence-electron chi connectivity index (χ2n) is 7.56. The zero-order valence-electron chi connectivity index (χ0n) is 18.5. The van der Waals surface area contributed by atoms with E-state index in [9.17, 15) is 19.2 Å². The molecule has 11 heteroatoms. The highest BCUT2D eigenvalue weighted by Gasteiger charge is 2.16. The van der Waals surface area contributed by atoms with Gasteiger partial charge in [0, 0.05) is 31.7 Å². The Morgan fingerprint density at radius 1 is 1.16 bits per heavy atom. The highest BCUT2D eigenvalue weighted by molar-refractivity contribution is 7.08. The van der Waals surface area contributed by atoms with E-state index in [1.54, 1.807) is 32.0 Å². The van der Waals surface area contributed by atoms with E-state index in [4.69, 9.17) is 0 Å². The van der Waals surface area contributed by atoms with Crippen LogP contribution in [0.3, 0.4) is 0 Å². The molecule has 0 saturated heterocycles. The van der Waals surface area contributed by atoms with Gasteiger partial charge in [0.1, 0.15) is 4.88 Å². The van der Waals surface area contributed by atoms with Gasteiger partial charge in [-0.1, -0.05) is 11.4 Å². The molecule has 0 aliphatic heterocycles. The van der Waals surface area contributed by atoms with Crippen LogP contribution in [0, 0.1) is 12.8 Å². The number of hydrogen-bond acceptors (Lipinski definition) is 7. The first kappa shape index (κ1) is 23.3. The average Bonchev–Trinajstić information content (AvgIpc) is 3.19. The summed E-state index contributed by atoms with van der Waals surface area (Å²) in [5, 5.41) is 9.78. The maximum Gasteiger partial charge on any atom is 0.331 e. The Balaban J connectivity index is 1.69. The number of fused-ring (bicyclic) bond motifs is 1. The smallest absolute Gasteiger partial charge is 0.331 e. The first-order valence-corrected chi connectivity index (χ1v) is 11.2. The summed E-state index contributed by atoms with van der Waals surface area (Å²) in [7, 11) is 0. The van der Waals surface area contributed by atoms with Gasteiger partial charge < -0.3 is 10.6 Å². The minimum Gasteiger partial charge on any atom is -0.351 e. The maximum absolute atomic E-state index is 12.7. The fourth-order valence-corrected chi connectivity index (χ4v) is 4.05. The van der Waals surface area contributed by atoms with Crippen molar-refractivity contribution in [2.75, 3.05) is 11.9 Å². The van der Waals surface area contributed by atoms with E-state index in [0.717, 1.165) is 11.5 Å². The number of anilines is 1. The summed E-state index contributed by atoms with van der Waals surface area (Å²) in [5.74, 6) is -0.599. The largest absolute Gasteiger partial charge is 0.351 e. The standard InChI is InChI=1S/C21H26N6O4S/c1-5-26-16-8-7-14(10-15(16)20(30)27(6-2)21(26)31)23-17(28)9-12(3)11-22-19(29)18-13(4)24-25-32-18/h7-8,10,12H,5-6,9,11H2,1-4H3,(H,22,29)(H,23,28). The Morgan fingerprint density at radius 3 is 2.50 bits per heavy atom. The Morgan fingerprint density at radius 2 is 1.88 bits per heavy atom. The Kier molecular flexibility index (Phi) is 7.18. The summed E-state index contributed by atoms with van der Waals surface area (Å²) in [5.41, 5.74) is 0.867. The highest BCUT2D eigenvalue weighted by Crippen LogP contribution is 2.17. The van der Waals surface area contributed by atoms with Gasteiger partial charge in [-0.05, 0) is 56.4 Å². The number of aryl methyl sites for hydroxylation is 2. The summed E-state index contributed by atoms with van der Waals surface area (Å²) in [6.45, 7) is 8.19. The predicted octanol–water partition coefficient (Wildman–Crippen LogP) is 1.76. The van der Waals surface area contributed by atoms with Gasteiger partial charge in [0.15, 0.2) is 0 Å². The minimum absolute atomic E-state index is 0.108. The molecule has 170 valence electrons. The van der Waals surface area contributed by atoms with E-state index in [1.165, 1.54) is 9.13 Å². The summed E-state index contributed by atoms with van der Waals surface area (Å²) < 4.78 is 6.47. The minimum atomic E-state index is -0.378. The van der Waals surface area contributed by atoms with Crippen LogP contribution in [-0.4, -0.2) is 37.1 Å². The Labute approximate surface area is 188 Å². The van der Waals surface area contributed by atoms with Gasteiger partial charge in [0.2, 0.25) is 5.91 Å². The fourth-order valence-electron chi connectivity index (χ4n) is 3.47. The number of carbonyl (C=O) groups excluding carboxylic acids is 2. The average molecular weight is 459 g/mol. The number of nitrogens with zero attached hydrogens (tertiary/aromatic N) is 4. The van der Waals surface area contributed by atoms with E-state index < -0.39 is 0 Å². The van der Waals surface area contributed by atoms with Crippen LogP contribution in [0.25, 0.3) is 10.9 Å². The molecule has 2 heterocycles. The molecule has 0 saturated carbocycles. The van der Waals surface area contributed by atoms with Crippen LogP contribution in [0.15, 0.2) is 27.8 Å². The van der Waals surface area contributed by atoms with Crippen molar-refractivity contribution in [3.63, 3.8) is 0 Å². The molecule has 1 atom stereocenters. The molecule has 0 bridgehead atoms. The van der Waals surface area contributed by atoms with E-state index in [2.05, 4.69) is 20.2 Å². The van der Waals surface area contributed by atoms with Crippen LogP contribution < -0.4 is 21.9 Å². The third-order valence-corrected chi connectivity index (χ3v) is 5.97. The molecule has 2 N–H and O–H groups in total. The Bertz CT molecular complexity index is 1280. The van der Waals surface area contributed by atoms with Gasteiger partial charge in [-0.15, -0.1) is 5.10 Å². The molecule has 0 aliphatic rings. The van der Waals surface area contributed by atoms with E-state index in [1.807, 2.05) is 13.8 Å². The third kappa shape index (κ3) is 4.77. The first-order valence-electron chi connectivity index (χ1n) is 10.4. The first-order chi connectivity index (χ1) is 15.3. The van der Waals surface area contributed by atoms with Crippen molar-refractivity contribution < 1.29 is 9.59 Å². The molecule has 0 spiro atoms. The number of rotatable bonds is 8. The highest BCUT2D eigenvalue weighted by atomic mass is 32.1. The zero-order valence-corrected chi connectivity index (χ0v) is 19.3. The SMILES string of the molecule is CCn1c(=O)c2cc(NC(=O)CC(C)CNC(=O)c3snnc3C)ccc2n(CC)c1=O. The van der Waals surface area contributed by atoms with Crippen molar-refractivity contribution in [1.29, 1.82) is 0 Å². The number of benzene rings is 1. The molecule has 1 aromatic carbocycles. The second kappa shape index (κ2) is 9.86. The molecular formula is C21H26N6O4S. The molecule has 0 radical (unpaired) electrons.